The second-order valence-electron chi connectivity index (χ2n) is 6.09. The zero-order valence-corrected chi connectivity index (χ0v) is 14.3. The summed E-state index contributed by atoms with van der Waals surface area (Å²) in [5, 5.41) is 4.76. The summed E-state index contributed by atoms with van der Waals surface area (Å²) in [6.45, 7) is 0. The van der Waals surface area contributed by atoms with E-state index < -0.39 is 6.04 Å². The summed E-state index contributed by atoms with van der Waals surface area (Å²) in [6.07, 6.45) is 2.30. The number of hydrogen-bond donors (Lipinski definition) is 1. The number of pyridine rings is 1. The molecule has 0 radical (unpaired) electrons. The zero-order valence-electron chi connectivity index (χ0n) is 13.5. The number of nitrogens with zero attached hydrogens (tertiary/aromatic N) is 1. The number of hydrogen-bond acceptors (Lipinski definition) is 4. The second kappa shape index (κ2) is 6.73. The van der Waals surface area contributed by atoms with E-state index in [-0.39, 0.29) is 5.97 Å². The first-order valence-corrected chi connectivity index (χ1v) is 8.70. The van der Waals surface area contributed by atoms with Gasteiger partial charge in [-0.2, -0.15) is 0 Å². The van der Waals surface area contributed by atoms with Gasteiger partial charge in [0.2, 0.25) is 0 Å². The minimum absolute atomic E-state index is 0.303. The number of rotatable bonds is 2. The van der Waals surface area contributed by atoms with Gasteiger partial charge in [0.15, 0.2) is 0 Å². The standard InChI is InChI=1S/C20H17ClN2O2/c21-18-14-9-4-5-10-15(14)22-16-11-6-12-17(23-19(16)18)20(24)25-13-7-2-1-3-8-13/h1-5,7-10,17,23H,6,11-12H2. The lowest BCUT2D eigenvalue weighted by atomic mass is 10.1. The topological polar surface area (TPSA) is 51.2 Å². The summed E-state index contributed by atoms with van der Waals surface area (Å²) in [5.74, 6) is 0.241. The first-order valence-electron chi connectivity index (χ1n) is 8.33. The highest BCUT2D eigenvalue weighted by molar-refractivity contribution is 6.38. The number of nitrogens with one attached hydrogen (secondary N) is 1. The molecule has 4 nitrogen and oxygen atoms in total. The number of aryl methyl sites for hydroxylation is 1. The molecule has 2 heterocycles. The molecule has 0 spiro atoms. The molecule has 1 N–H and O–H groups in total. The minimum Gasteiger partial charge on any atom is -0.425 e. The van der Waals surface area contributed by atoms with Crippen LogP contribution in [0.2, 0.25) is 5.02 Å². The van der Waals surface area contributed by atoms with Crippen molar-refractivity contribution >= 4 is 34.2 Å². The van der Waals surface area contributed by atoms with Gasteiger partial charge in [-0.25, -0.2) is 4.79 Å². The Morgan fingerprint density at radius 3 is 2.72 bits per heavy atom. The maximum absolute atomic E-state index is 12.6. The molecule has 0 fully saturated rings. The number of carbonyl (C=O) groups is 1. The van der Waals surface area contributed by atoms with Crippen molar-refractivity contribution in [2.45, 2.75) is 25.3 Å². The molecule has 0 saturated heterocycles. The predicted molar refractivity (Wildman–Crippen MR) is 99.2 cm³/mol. The van der Waals surface area contributed by atoms with Crippen LogP contribution in [0.1, 0.15) is 18.5 Å². The summed E-state index contributed by atoms with van der Waals surface area (Å²) >= 11 is 6.61. The molecule has 0 bridgehead atoms. The highest BCUT2D eigenvalue weighted by atomic mass is 35.5. The molecule has 1 unspecified atom stereocenters. The van der Waals surface area contributed by atoms with Crippen molar-refractivity contribution < 1.29 is 9.53 Å². The van der Waals surface area contributed by atoms with E-state index in [2.05, 4.69) is 5.32 Å². The fraction of sp³-hybridized carbons (Fsp3) is 0.200. The highest BCUT2D eigenvalue weighted by Gasteiger charge is 2.26. The Morgan fingerprint density at radius 2 is 1.88 bits per heavy atom. The van der Waals surface area contributed by atoms with Gasteiger partial charge in [0.1, 0.15) is 11.8 Å². The number of halogens is 1. The van der Waals surface area contributed by atoms with Crippen molar-refractivity contribution in [2.75, 3.05) is 5.32 Å². The number of benzene rings is 2. The predicted octanol–water partition coefficient (Wildman–Crippen LogP) is 4.61. The van der Waals surface area contributed by atoms with E-state index in [0.717, 1.165) is 35.1 Å². The second-order valence-corrected chi connectivity index (χ2v) is 6.47. The molecule has 0 amide bonds. The molecule has 1 aliphatic rings. The van der Waals surface area contributed by atoms with Crippen LogP contribution in [0.15, 0.2) is 54.6 Å². The van der Waals surface area contributed by atoms with Gasteiger partial charge < -0.3 is 10.1 Å². The number of fused-ring (bicyclic) bond motifs is 2. The van der Waals surface area contributed by atoms with Gasteiger partial charge in [-0.05, 0) is 37.5 Å². The third-order valence-corrected chi connectivity index (χ3v) is 4.77. The molecule has 1 aromatic heterocycles. The van der Waals surface area contributed by atoms with Crippen molar-refractivity contribution in [1.29, 1.82) is 0 Å². The van der Waals surface area contributed by atoms with Gasteiger partial charge in [-0.3, -0.25) is 4.98 Å². The molecule has 126 valence electrons. The number of ether oxygens (including phenoxy) is 1. The first-order chi connectivity index (χ1) is 12.2. The van der Waals surface area contributed by atoms with Crippen LogP contribution in [0, 0.1) is 0 Å². The number of anilines is 1. The molecule has 25 heavy (non-hydrogen) atoms. The van der Waals surface area contributed by atoms with Crippen molar-refractivity contribution in [3.63, 3.8) is 0 Å². The smallest absolute Gasteiger partial charge is 0.333 e. The Morgan fingerprint density at radius 1 is 1.12 bits per heavy atom. The molecule has 3 aromatic rings. The number of esters is 1. The van der Waals surface area contributed by atoms with Crippen LogP contribution >= 0.6 is 11.6 Å². The van der Waals surface area contributed by atoms with Gasteiger partial charge in [0, 0.05) is 5.39 Å². The van der Waals surface area contributed by atoms with Gasteiger partial charge in [-0.15, -0.1) is 0 Å². The maximum atomic E-state index is 12.6. The zero-order chi connectivity index (χ0) is 17.2. The molecule has 5 heteroatoms. The summed E-state index contributed by atoms with van der Waals surface area (Å²) in [5.41, 5.74) is 2.52. The Bertz CT molecular complexity index is 928. The summed E-state index contributed by atoms with van der Waals surface area (Å²) < 4.78 is 5.49. The fourth-order valence-corrected chi connectivity index (χ4v) is 3.44. The van der Waals surface area contributed by atoms with Crippen molar-refractivity contribution in [3.8, 4) is 5.75 Å². The molecule has 0 aliphatic carbocycles. The third-order valence-electron chi connectivity index (χ3n) is 4.38. The van der Waals surface area contributed by atoms with Crippen LogP contribution in [-0.4, -0.2) is 17.0 Å². The Kier molecular flexibility index (Phi) is 4.28. The molecular formula is C20H17ClN2O2. The molecular weight excluding hydrogens is 336 g/mol. The van der Waals surface area contributed by atoms with E-state index in [1.807, 2.05) is 42.5 Å². The van der Waals surface area contributed by atoms with Gasteiger partial charge in [0.25, 0.3) is 0 Å². The van der Waals surface area contributed by atoms with E-state index >= 15 is 0 Å². The van der Waals surface area contributed by atoms with E-state index in [0.29, 0.717) is 17.2 Å². The van der Waals surface area contributed by atoms with Crippen molar-refractivity contribution in [2.24, 2.45) is 0 Å². The van der Waals surface area contributed by atoms with Crippen LogP contribution in [0.5, 0.6) is 5.75 Å². The molecule has 2 aromatic carbocycles. The van der Waals surface area contributed by atoms with Crippen LogP contribution in [0.3, 0.4) is 0 Å². The van der Waals surface area contributed by atoms with Crippen LogP contribution < -0.4 is 10.1 Å². The SMILES string of the molecule is O=C(Oc1ccccc1)C1CCCc2nc3ccccc3c(Cl)c2N1. The average molecular weight is 353 g/mol. The summed E-state index contributed by atoms with van der Waals surface area (Å²) in [7, 11) is 0. The lowest BCUT2D eigenvalue weighted by Gasteiger charge is -2.18. The quantitative estimate of drug-likeness (QED) is 0.540. The molecule has 4 rings (SSSR count). The Hall–Kier alpha value is -2.59. The van der Waals surface area contributed by atoms with Crippen LogP contribution in [0.25, 0.3) is 10.9 Å². The van der Waals surface area contributed by atoms with Gasteiger partial charge >= 0.3 is 5.97 Å². The van der Waals surface area contributed by atoms with E-state index in [9.17, 15) is 4.79 Å². The number of para-hydroxylation sites is 2. The third kappa shape index (κ3) is 3.17. The van der Waals surface area contributed by atoms with Gasteiger partial charge in [0.05, 0.1) is 21.9 Å². The summed E-state index contributed by atoms with van der Waals surface area (Å²) in [4.78, 5) is 17.3. The monoisotopic (exact) mass is 352 g/mol. The van der Waals surface area contributed by atoms with Crippen molar-refractivity contribution in [1.82, 2.24) is 4.98 Å². The van der Waals surface area contributed by atoms with Crippen LogP contribution in [-0.2, 0) is 11.2 Å². The molecule has 1 atom stereocenters. The lowest BCUT2D eigenvalue weighted by Crippen LogP contribution is -2.32. The Labute approximate surface area is 150 Å². The minimum atomic E-state index is -0.443. The number of aromatic nitrogens is 1. The first kappa shape index (κ1) is 15.9. The van der Waals surface area contributed by atoms with E-state index in [4.69, 9.17) is 21.3 Å². The van der Waals surface area contributed by atoms with Gasteiger partial charge in [-0.1, -0.05) is 48.0 Å². The van der Waals surface area contributed by atoms with E-state index in [1.165, 1.54) is 0 Å². The Balaban J connectivity index is 1.64. The molecule has 1 aliphatic heterocycles. The highest BCUT2D eigenvalue weighted by Crippen LogP contribution is 2.35. The largest absolute Gasteiger partial charge is 0.425 e. The summed E-state index contributed by atoms with van der Waals surface area (Å²) in [6, 6.07) is 16.4. The number of carbonyl (C=O) groups excluding carboxylic acids is 1. The molecule has 0 saturated carbocycles. The average Bonchev–Trinajstić information content (AvgIpc) is 2.86. The van der Waals surface area contributed by atoms with Crippen molar-refractivity contribution in [3.05, 3.63) is 65.3 Å². The fourth-order valence-electron chi connectivity index (χ4n) is 3.12. The lowest BCUT2D eigenvalue weighted by molar-refractivity contribution is -0.135. The normalized spacial score (nSPS) is 16.6. The van der Waals surface area contributed by atoms with Crippen LogP contribution in [0.4, 0.5) is 5.69 Å². The maximum Gasteiger partial charge on any atom is 0.333 e. The van der Waals surface area contributed by atoms with E-state index in [1.54, 1.807) is 12.1 Å².